The smallest absolute Gasteiger partial charge is 0.0940 e. The highest BCUT2D eigenvalue weighted by molar-refractivity contribution is 5.18. The van der Waals surface area contributed by atoms with Gasteiger partial charge in [0.15, 0.2) is 0 Å². The Balaban J connectivity index is 2.52. The number of nitrogens with one attached hydrogen (secondary N) is 1. The highest BCUT2D eigenvalue weighted by atomic mass is 16.3. The number of benzene rings is 1. The first-order valence-corrected chi connectivity index (χ1v) is 5.22. The number of aliphatic hydroxyl groups is 1. The average Bonchev–Trinajstić information content (AvgIpc) is 2.26. The SMILES string of the molecule is CCCN[C@H](C)[C@H](O)c1ccccc1. The molecule has 0 amide bonds. The molecule has 0 unspecified atom stereocenters. The van der Waals surface area contributed by atoms with Crippen LogP contribution in [0.15, 0.2) is 30.3 Å². The van der Waals surface area contributed by atoms with Gasteiger partial charge in [-0.05, 0) is 25.5 Å². The van der Waals surface area contributed by atoms with E-state index in [1.54, 1.807) is 0 Å². The zero-order valence-corrected chi connectivity index (χ0v) is 8.90. The van der Waals surface area contributed by atoms with Crippen molar-refractivity contribution in [1.82, 2.24) is 5.32 Å². The maximum Gasteiger partial charge on any atom is 0.0940 e. The van der Waals surface area contributed by atoms with Crippen molar-refractivity contribution in [2.75, 3.05) is 6.54 Å². The van der Waals surface area contributed by atoms with Crippen LogP contribution in [-0.2, 0) is 0 Å². The lowest BCUT2D eigenvalue weighted by atomic mass is 10.0. The number of hydrogen-bond donors (Lipinski definition) is 2. The third kappa shape index (κ3) is 3.13. The summed E-state index contributed by atoms with van der Waals surface area (Å²) in [7, 11) is 0. The maximum absolute atomic E-state index is 9.95. The standard InChI is InChI=1S/C12H19NO/c1-3-9-13-10(2)12(14)11-7-5-4-6-8-11/h4-8,10,12-14H,3,9H2,1-2H3/t10-,12+/m1/s1. The molecule has 2 atom stereocenters. The van der Waals surface area contributed by atoms with Gasteiger partial charge in [-0.25, -0.2) is 0 Å². The molecule has 0 fully saturated rings. The number of aliphatic hydroxyl groups excluding tert-OH is 1. The largest absolute Gasteiger partial charge is 0.387 e. The highest BCUT2D eigenvalue weighted by Gasteiger charge is 2.14. The Morgan fingerprint density at radius 3 is 2.50 bits per heavy atom. The van der Waals surface area contributed by atoms with Crippen molar-refractivity contribution in [1.29, 1.82) is 0 Å². The van der Waals surface area contributed by atoms with E-state index in [1.165, 1.54) is 0 Å². The van der Waals surface area contributed by atoms with E-state index in [-0.39, 0.29) is 6.04 Å². The molecule has 2 N–H and O–H groups in total. The van der Waals surface area contributed by atoms with E-state index in [2.05, 4.69) is 12.2 Å². The summed E-state index contributed by atoms with van der Waals surface area (Å²) in [5.41, 5.74) is 0.976. The van der Waals surface area contributed by atoms with Crippen LogP contribution < -0.4 is 5.32 Å². The second kappa shape index (κ2) is 5.78. The van der Waals surface area contributed by atoms with Crippen molar-refractivity contribution in [3.05, 3.63) is 35.9 Å². The Labute approximate surface area is 86.0 Å². The topological polar surface area (TPSA) is 32.3 Å². The summed E-state index contributed by atoms with van der Waals surface area (Å²) < 4.78 is 0. The van der Waals surface area contributed by atoms with Crippen LogP contribution in [0.4, 0.5) is 0 Å². The van der Waals surface area contributed by atoms with Crippen molar-refractivity contribution in [3.8, 4) is 0 Å². The first kappa shape index (κ1) is 11.2. The lowest BCUT2D eigenvalue weighted by Crippen LogP contribution is -2.32. The summed E-state index contributed by atoms with van der Waals surface area (Å²) in [6.45, 7) is 5.08. The molecule has 1 rings (SSSR count). The van der Waals surface area contributed by atoms with E-state index in [0.717, 1.165) is 18.5 Å². The molecule has 1 aromatic rings. The van der Waals surface area contributed by atoms with E-state index in [9.17, 15) is 5.11 Å². The monoisotopic (exact) mass is 193 g/mol. The fourth-order valence-corrected chi connectivity index (χ4v) is 1.42. The molecule has 0 bridgehead atoms. The Morgan fingerprint density at radius 2 is 1.93 bits per heavy atom. The lowest BCUT2D eigenvalue weighted by Gasteiger charge is -2.20. The van der Waals surface area contributed by atoms with E-state index in [1.807, 2.05) is 37.3 Å². The highest BCUT2D eigenvalue weighted by Crippen LogP contribution is 2.15. The van der Waals surface area contributed by atoms with Gasteiger partial charge in [-0.2, -0.15) is 0 Å². The van der Waals surface area contributed by atoms with Gasteiger partial charge in [-0.3, -0.25) is 0 Å². The van der Waals surface area contributed by atoms with Gasteiger partial charge < -0.3 is 10.4 Å². The summed E-state index contributed by atoms with van der Waals surface area (Å²) in [4.78, 5) is 0. The molecule has 0 aliphatic carbocycles. The Hall–Kier alpha value is -0.860. The van der Waals surface area contributed by atoms with Gasteiger partial charge in [0.05, 0.1) is 6.10 Å². The average molecular weight is 193 g/mol. The van der Waals surface area contributed by atoms with Crippen LogP contribution in [0.2, 0.25) is 0 Å². The summed E-state index contributed by atoms with van der Waals surface area (Å²) in [6.07, 6.45) is 0.675. The molecule has 0 saturated carbocycles. The molecular formula is C12H19NO. The first-order valence-electron chi connectivity index (χ1n) is 5.22. The molecule has 0 aromatic heterocycles. The molecule has 0 aliphatic rings. The van der Waals surface area contributed by atoms with Gasteiger partial charge in [0, 0.05) is 6.04 Å². The molecule has 0 saturated heterocycles. The minimum absolute atomic E-state index is 0.109. The Bertz CT molecular complexity index is 248. The fraction of sp³-hybridized carbons (Fsp3) is 0.500. The lowest BCUT2D eigenvalue weighted by molar-refractivity contribution is 0.136. The molecule has 78 valence electrons. The van der Waals surface area contributed by atoms with Gasteiger partial charge in [-0.1, -0.05) is 37.3 Å². The number of rotatable bonds is 5. The van der Waals surface area contributed by atoms with Crippen molar-refractivity contribution < 1.29 is 5.11 Å². The summed E-state index contributed by atoms with van der Waals surface area (Å²) in [5, 5.41) is 13.2. The first-order chi connectivity index (χ1) is 6.75. The molecule has 0 heterocycles. The van der Waals surface area contributed by atoms with Crippen LogP contribution in [0.3, 0.4) is 0 Å². The molecular weight excluding hydrogens is 174 g/mol. The van der Waals surface area contributed by atoms with E-state index < -0.39 is 6.10 Å². The minimum Gasteiger partial charge on any atom is -0.387 e. The van der Waals surface area contributed by atoms with Crippen LogP contribution in [0.25, 0.3) is 0 Å². The fourth-order valence-electron chi connectivity index (χ4n) is 1.42. The van der Waals surface area contributed by atoms with Gasteiger partial charge in [0.1, 0.15) is 0 Å². The third-order valence-electron chi connectivity index (χ3n) is 2.33. The molecule has 2 nitrogen and oxygen atoms in total. The second-order valence-electron chi connectivity index (χ2n) is 3.60. The molecule has 1 aromatic carbocycles. The van der Waals surface area contributed by atoms with E-state index >= 15 is 0 Å². The zero-order chi connectivity index (χ0) is 10.4. The quantitative estimate of drug-likeness (QED) is 0.750. The van der Waals surface area contributed by atoms with Crippen LogP contribution in [0.5, 0.6) is 0 Å². The van der Waals surface area contributed by atoms with Gasteiger partial charge in [-0.15, -0.1) is 0 Å². The van der Waals surface area contributed by atoms with Crippen LogP contribution in [0, 0.1) is 0 Å². The predicted molar refractivity (Wildman–Crippen MR) is 59.2 cm³/mol. The Kier molecular flexibility index (Phi) is 4.63. The van der Waals surface area contributed by atoms with E-state index in [0.29, 0.717) is 0 Å². The van der Waals surface area contributed by atoms with Gasteiger partial charge in [0.2, 0.25) is 0 Å². The van der Waals surface area contributed by atoms with Crippen LogP contribution in [-0.4, -0.2) is 17.7 Å². The molecule has 2 heteroatoms. The normalized spacial score (nSPS) is 15.1. The van der Waals surface area contributed by atoms with E-state index in [4.69, 9.17) is 0 Å². The number of hydrogen-bond acceptors (Lipinski definition) is 2. The summed E-state index contributed by atoms with van der Waals surface area (Å²) >= 11 is 0. The third-order valence-corrected chi connectivity index (χ3v) is 2.33. The summed E-state index contributed by atoms with van der Waals surface area (Å²) in [6, 6.07) is 9.87. The van der Waals surface area contributed by atoms with Crippen LogP contribution >= 0.6 is 0 Å². The van der Waals surface area contributed by atoms with Crippen molar-refractivity contribution in [2.24, 2.45) is 0 Å². The van der Waals surface area contributed by atoms with Crippen molar-refractivity contribution in [2.45, 2.75) is 32.4 Å². The predicted octanol–water partition coefficient (Wildman–Crippen LogP) is 2.11. The Morgan fingerprint density at radius 1 is 1.29 bits per heavy atom. The molecule has 14 heavy (non-hydrogen) atoms. The molecule has 0 radical (unpaired) electrons. The molecule has 0 spiro atoms. The van der Waals surface area contributed by atoms with Crippen molar-refractivity contribution in [3.63, 3.8) is 0 Å². The summed E-state index contributed by atoms with van der Waals surface area (Å²) in [5.74, 6) is 0. The minimum atomic E-state index is -0.414. The van der Waals surface area contributed by atoms with Crippen molar-refractivity contribution >= 4 is 0 Å². The van der Waals surface area contributed by atoms with Gasteiger partial charge >= 0.3 is 0 Å². The van der Waals surface area contributed by atoms with Gasteiger partial charge in [0.25, 0.3) is 0 Å². The molecule has 0 aliphatic heterocycles. The zero-order valence-electron chi connectivity index (χ0n) is 8.90. The van der Waals surface area contributed by atoms with Crippen LogP contribution in [0.1, 0.15) is 31.9 Å². The second-order valence-corrected chi connectivity index (χ2v) is 3.60. The maximum atomic E-state index is 9.95.